The number of benzene rings is 2. The van der Waals surface area contributed by atoms with E-state index in [1.807, 2.05) is 18.2 Å². The van der Waals surface area contributed by atoms with Crippen LogP contribution in [0.3, 0.4) is 0 Å². The molecule has 1 heterocycles. The Balaban J connectivity index is 0.000000167. The van der Waals surface area contributed by atoms with Crippen molar-refractivity contribution in [1.29, 1.82) is 0 Å². The zero-order valence-electron chi connectivity index (χ0n) is 12.2. The Labute approximate surface area is 132 Å². The van der Waals surface area contributed by atoms with Gasteiger partial charge in [-0.15, -0.1) is 6.58 Å². The second kappa shape index (κ2) is 7.51. The van der Waals surface area contributed by atoms with Crippen LogP contribution in [-0.2, 0) is 0 Å². The third-order valence-electron chi connectivity index (χ3n) is 3.06. The second-order valence-corrected chi connectivity index (χ2v) is 4.74. The third-order valence-corrected chi connectivity index (χ3v) is 3.06. The average molecular weight is 313 g/mol. The lowest BCUT2D eigenvalue weighted by Gasteiger charge is -2.00. The number of fused-ring (bicyclic) bond motifs is 1. The standard InChI is InChI=1S/C9H7NO.C8H7BF2O/c11-8-5-1-3-7-4-2-6-10-9(7)8;1-2-9(12)6-3-7(10)5-8(11)4-6/h1-6,11H;2-5,12H,1H2. The number of halogens is 2. The molecule has 0 aliphatic carbocycles. The Hall–Kier alpha value is -2.73. The molecular formula is C17H14BF2NO2. The monoisotopic (exact) mass is 313 g/mol. The second-order valence-electron chi connectivity index (χ2n) is 4.74. The minimum atomic E-state index is -1.02. The average Bonchev–Trinajstić information content (AvgIpc) is 2.54. The number of phenolic OH excluding ortho intramolecular Hbond substituents is 1. The van der Waals surface area contributed by atoms with Crippen LogP contribution in [0.1, 0.15) is 0 Å². The Kier molecular flexibility index (Phi) is 5.43. The van der Waals surface area contributed by atoms with Crippen molar-refractivity contribution < 1.29 is 18.9 Å². The number of hydrogen-bond donors (Lipinski definition) is 2. The minimum absolute atomic E-state index is 0.169. The highest BCUT2D eigenvalue weighted by molar-refractivity contribution is 6.70. The molecule has 1 aromatic heterocycles. The highest BCUT2D eigenvalue weighted by Gasteiger charge is 2.11. The summed E-state index contributed by atoms with van der Waals surface area (Å²) in [5, 5.41) is 19.4. The Morgan fingerprint density at radius 3 is 2.30 bits per heavy atom. The molecule has 0 atom stereocenters. The molecule has 2 aromatic carbocycles. The number of para-hydroxylation sites is 1. The van der Waals surface area contributed by atoms with E-state index in [-0.39, 0.29) is 11.2 Å². The zero-order valence-corrected chi connectivity index (χ0v) is 12.2. The number of pyridine rings is 1. The van der Waals surface area contributed by atoms with Crippen LogP contribution in [0.15, 0.2) is 67.3 Å². The number of phenols is 1. The summed E-state index contributed by atoms with van der Waals surface area (Å²) in [6.07, 6.45) is 1.67. The molecule has 0 unspecified atom stereocenters. The van der Waals surface area contributed by atoms with Gasteiger partial charge in [0.1, 0.15) is 22.9 Å². The van der Waals surface area contributed by atoms with E-state index in [4.69, 9.17) is 5.02 Å². The van der Waals surface area contributed by atoms with Crippen LogP contribution in [0.25, 0.3) is 10.9 Å². The molecule has 0 aliphatic heterocycles. The highest BCUT2D eigenvalue weighted by atomic mass is 19.1. The van der Waals surface area contributed by atoms with Gasteiger partial charge < -0.3 is 10.1 Å². The van der Waals surface area contributed by atoms with Crippen LogP contribution in [-0.4, -0.2) is 22.0 Å². The molecule has 0 radical (unpaired) electrons. The van der Waals surface area contributed by atoms with Crippen molar-refractivity contribution in [2.24, 2.45) is 0 Å². The van der Waals surface area contributed by atoms with Crippen molar-refractivity contribution in [2.45, 2.75) is 0 Å². The van der Waals surface area contributed by atoms with E-state index in [0.29, 0.717) is 5.52 Å². The first kappa shape index (κ1) is 16.6. The predicted octanol–water partition coefficient (Wildman–Crippen LogP) is 2.82. The fourth-order valence-corrected chi connectivity index (χ4v) is 1.97. The van der Waals surface area contributed by atoms with Gasteiger partial charge in [0.25, 0.3) is 0 Å². The van der Waals surface area contributed by atoms with Gasteiger partial charge in [0.15, 0.2) is 0 Å². The van der Waals surface area contributed by atoms with Crippen molar-refractivity contribution in [3.63, 3.8) is 0 Å². The summed E-state index contributed by atoms with van der Waals surface area (Å²) in [5.74, 6) is 0.0358. The fourth-order valence-electron chi connectivity index (χ4n) is 1.97. The van der Waals surface area contributed by atoms with Crippen molar-refractivity contribution in [2.75, 3.05) is 0 Å². The van der Waals surface area contributed by atoms with E-state index < -0.39 is 18.6 Å². The van der Waals surface area contributed by atoms with Gasteiger partial charge in [-0.25, -0.2) is 8.78 Å². The van der Waals surface area contributed by atoms with E-state index in [1.165, 1.54) is 5.98 Å². The molecule has 0 aliphatic rings. The molecule has 0 fully saturated rings. The van der Waals surface area contributed by atoms with Crippen LogP contribution in [0.5, 0.6) is 5.75 Å². The number of hydrogen-bond acceptors (Lipinski definition) is 3. The summed E-state index contributed by atoms with van der Waals surface area (Å²) in [6, 6.07) is 12.0. The van der Waals surface area contributed by atoms with Crippen LogP contribution >= 0.6 is 0 Å². The number of rotatable bonds is 2. The molecule has 3 aromatic rings. The first-order chi connectivity index (χ1) is 11.0. The van der Waals surface area contributed by atoms with Gasteiger partial charge in [-0.1, -0.05) is 24.2 Å². The fraction of sp³-hybridized carbons (Fsp3) is 0. The summed E-state index contributed by atoms with van der Waals surface area (Å²) in [5.41, 5.74) is 0.831. The molecule has 0 saturated carbocycles. The Morgan fingerprint density at radius 2 is 1.70 bits per heavy atom. The molecule has 0 saturated heterocycles. The van der Waals surface area contributed by atoms with Crippen molar-refractivity contribution in [1.82, 2.24) is 4.98 Å². The third kappa shape index (κ3) is 4.37. The lowest BCUT2D eigenvalue weighted by Crippen LogP contribution is -2.28. The first-order valence-electron chi connectivity index (χ1n) is 6.80. The van der Waals surface area contributed by atoms with Crippen LogP contribution in [0.4, 0.5) is 8.78 Å². The lowest BCUT2D eigenvalue weighted by atomic mass is 9.62. The Bertz CT molecular complexity index is 801. The van der Waals surface area contributed by atoms with Gasteiger partial charge in [-0.2, -0.15) is 0 Å². The van der Waals surface area contributed by atoms with Crippen molar-refractivity contribution >= 4 is 23.3 Å². The SMILES string of the molecule is C=CB(O)c1cc(F)cc(F)c1.Oc1cccc2cccnc12. The van der Waals surface area contributed by atoms with Crippen LogP contribution in [0, 0.1) is 11.6 Å². The summed E-state index contributed by atoms with van der Waals surface area (Å²) >= 11 is 0. The highest BCUT2D eigenvalue weighted by Crippen LogP contribution is 2.20. The first-order valence-corrected chi connectivity index (χ1v) is 6.80. The molecule has 3 nitrogen and oxygen atoms in total. The Morgan fingerprint density at radius 1 is 1.04 bits per heavy atom. The van der Waals surface area contributed by atoms with E-state index in [9.17, 15) is 13.9 Å². The molecule has 3 rings (SSSR count). The summed E-state index contributed by atoms with van der Waals surface area (Å²) < 4.78 is 25.1. The van der Waals surface area contributed by atoms with Crippen molar-refractivity contribution in [3.8, 4) is 5.75 Å². The van der Waals surface area contributed by atoms with E-state index in [2.05, 4.69) is 11.6 Å². The van der Waals surface area contributed by atoms with E-state index >= 15 is 0 Å². The van der Waals surface area contributed by atoms with Gasteiger partial charge in [0.05, 0.1) is 0 Å². The zero-order chi connectivity index (χ0) is 16.8. The van der Waals surface area contributed by atoms with Gasteiger partial charge in [0.2, 0.25) is 0 Å². The number of nitrogens with zero attached hydrogens (tertiary/aromatic N) is 1. The van der Waals surface area contributed by atoms with Gasteiger partial charge >= 0.3 is 6.92 Å². The number of aromatic nitrogens is 1. The van der Waals surface area contributed by atoms with Gasteiger partial charge in [-0.3, -0.25) is 4.98 Å². The van der Waals surface area contributed by atoms with Crippen LogP contribution in [0.2, 0.25) is 0 Å². The minimum Gasteiger partial charge on any atom is -0.506 e. The quantitative estimate of drug-likeness (QED) is 0.715. The largest absolute Gasteiger partial charge is 0.506 e. The lowest BCUT2D eigenvalue weighted by molar-refractivity contribution is 0.480. The molecule has 0 amide bonds. The summed E-state index contributed by atoms with van der Waals surface area (Å²) in [7, 11) is 0. The molecule has 6 heteroatoms. The molecule has 0 bridgehead atoms. The molecule has 116 valence electrons. The maximum absolute atomic E-state index is 12.5. The number of aromatic hydroxyl groups is 1. The maximum Gasteiger partial charge on any atom is 0.350 e. The smallest absolute Gasteiger partial charge is 0.350 e. The van der Waals surface area contributed by atoms with E-state index in [1.54, 1.807) is 18.3 Å². The van der Waals surface area contributed by atoms with Crippen molar-refractivity contribution in [3.05, 3.63) is 78.9 Å². The van der Waals surface area contributed by atoms with Gasteiger partial charge in [-0.05, 0) is 29.7 Å². The molecular weight excluding hydrogens is 299 g/mol. The van der Waals surface area contributed by atoms with E-state index in [0.717, 1.165) is 23.6 Å². The molecule has 0 spiro atoms. The molecule has 23 heavy (non-hydrogen) atoms. The topological polar surface area (TPSA) is 53.4 Å². The summed E-state index contributed by atoms with van der Waals surface area (Å²) in [6.45, 7) is 2.28. The molecule has 2 N–H and O–H groups in total. The summed E-state index contributed by atoms with van der Waals surface area (Å²) in [4.78, 5) is 4.03. The van der Waals surface area contributed by atoms with Crippen LogP contribution < -0.4 is 5.46 Å². The predicted molar refractivity (Wildman–Crippen MR) is 87.6 cm³/mol. The maximum atomic E-state index is 12.5. The van der Waals surface area contributed by atoms with Gasteiger partial charge in [0, 0.05) is 17.6 Å². The normalized spacial score (nSPS) is 9.87.